The number of aromatic carboxylic acids is 1. The number of carbonyl (C=O) groups excluding carboxylic acids is 1. The van der Waals surface area contributed by atoms with E-state index in [1.807, 2.05) is 25.7 Å². The second kappa shape index (κ2) is 13.5. The van der Waals surface area contributed by atoms with E-state index in [1.165, 1.54) is 12.1 Å². The molecule has 1 fully saturated rings. The molecule has 10 heteroatoms. The van der Waals surface area contributed by atoms with Gasteiger partial charge in [-0.25, -0.2) is 22.4 Å². The van der Waals surface area contributed by atoms with Crippen molar-refractivity contribution in [2.45, 2.75) is 64.8 Å². The zero-order valence-electron chi connectivity index (χ0n) is 24.4. The molecule has 2 N–H and O–H groups in total. The minimum Gasteiger partial charge on any atom is -0.494 e. The van der Waals surface area contributed by atoms with Crippen LogP contribution in [0.2, 0.25) is 0 Å². The standard InChI is InChI=1S/C33H36F4N2O4/c1-4-43-24-8-5-21(6-9-24)15-31(40)38-29-17-27(26-16-22(34)7-10-25(26)32(41)42)28(35)18-30(29)39(19-20(2)3)23-11-13-33(36,37)14-12-23/h5-10,16-18,20,23H,4,11-15,19H2,1-3H3,(H,38,40)(H,41,42). The average molecular weight is 601 g/mol. The van der Waals surface area contributed by atoms with Crippen LogP contribution in [0.25, 0.3) is 11.1 Å². The van der Waals surface area contributed by atoms with Gasteiger partial charge >= 0.3 is 5.97 Å². The number of anilines is 2. The molecule has 3 aromatic rings. The van der Waals surface area contributed by atoms with Crippen LogP contribution in [0.4, 0.5) is 28.9 Å². The summed E-state index contributed by atoms with van der Waals surface area (Å²) < 4.78 is 63.7. The summed E-state index contributed by atoms with van der Waals surface area (Å²) in [6, 6.07) is 12.1. The molecule has 1 saturated carbocycles. The molecule has 1 aliphatic carbocycles. The molecule has 0 aliphatic heterocycles. The van der Waals surface area contributed by atoms with E-state index in [2.05, 4.69) is 5.32 Å². The number of halogens is 4. The summed E-state index contributed by atoms with van der Waals surface area (Å²) in [5, 5.41) is 12.5. The van der Waals surface area contributed by atoms with Crippen molar-refractivity contribution in [3.8, 4) is 16.9 Å². The first-order valence-electron chi connectivity index (χ1n) is 14.4. The Bertz CT molecular complexity index is 1450. The average Bonchev–Trinajstić information content (AvgIpc) is 2.93. The van der Waals surface area contributed by atoms with E-state index in [0.29, 0.717) is 30.2 Å². The molecule has 0 radical (unpaired) electrons. The van der Waals surface area contributed by atoms with Crippen LogP contribution in [0.3, 0.4) is 0 Å². The van der Waals surface area contributed by atoms with Crippen LogP contribution in [-0.4, -0.2) is 42.1 Å². The Morgan fingerprint density at radius 3 is 2.30 bits per heavy atom. The van der Waals surface area contributed by atoms with Crippen molar-refractivity contribution < 1.29 is 37.0 Å². The number of alkyl halides is 2. The van der Waals surface area contributed by atoms with Crippen molar-refractivity contribution in [3.63, 3.8) is 0 Å². The maximum atomic E-state index is 15.9. The first-order chi connectivity index (χ1) is 20.4. The third-order valence-electron chi connectivity index (χ3n) is 7.46. The number of benzene rings is 3. The Balaban J connectivity index is 1.78. The summed E-state index contributed by atoms with van der Waals surface area (Å²) in [7, 11) is 0. The van der Waals surface area contributed by atoms with Crippen LogP contribution < -0.4 is 15.0 Å². The van der Waals surface area contributed by atoms with Gasteiger partial charge < -0.3 is 20.1 Å². The molecule has 0 atom stereocenters. The molecule has 0 unspecified atom stereocenters. The second-order valence-electron chi connectivity index (χ2n) is 11.3. The van der Waals surface area contributed by atoms with Crippen molar-refractivity contribution in [1.29, 1.82) is 0 Å². The number of hydrogen-bond donors (Lipinski definition) is 2. The second-order valence-corrected chi connectivity index (χ2v) is 11.3. The SMILES string of the molecule is CCOc1ccc(CC(=O)Nc2cc(-c3cc(F)ccc3C(=O)O)c(F)cc2N(CC(C)C)C2CCC(F)(F)CC2)cc1. The van der Waals surface area contributed by atoms with Crippen LogP contribution in [0.15, 0.2) is 54.6 Å². The van der Waals surface area contributed by atoms with Gasteiger partial charge in [-0.2, -0.15) is 0 Å². The van der Waals surface area contributed by atoms with E-state index in [4.69, 9.17) is 4.74 Å². The normalized spacial score (nSPS) is 14.9. The molecule has 230 valence electrons. The number of nitrogens with one attached hydrogen (secondary N) is 1. The number of carboxylic acids is 1. The van der Waals surface area contributed by atoms with Gasteiger partial charge in [0.1, 0.15) is 17.4 Å². The predicted octanol–water partition coefficient (Wildman–Crippen LogP) is 7.95. The summed E-state index contributed by atoms with van der Waals surface area (Å²) in [5.74, 6) is -5.43. The minimum absolute atomic E-state index is 0.0290. The lowest BCUT2D eigenvalue weighted by Crippen LogP contribution is -2.43. The molecule has 1 amide bonds. The van der Waals surface area contributed by atoms with E-state index in [-0.39, 0.29) is 66.4 Å². The minimum atomic E-state index is -2.77. The fourth-order valence-electron chi connectivity index (χ4n) is 5.46. The Morgan fingerprint density at radius 1 is 1.02 bits per heavy atom. The fraction of sp³-hybridized carbons (Fsp3) is 0.394. The number of nitrogens with zero attached hydrogens (tertiary/aromatic N) is 1. The molecule has 0 heterocycles. The molecular formula is C33H36F4N2O4. The van der Waals surface area contributed by atoms with Crippen LogP contribution in [0, 0.1) is 17.6 Å². The van der Waals surface area contributed by atoms with Crippen molar-refractivity contribution in [2.75, 3.05) is 23.4 Å². The smallest absolute Gasteiger partial charge is 0.336 e. The third-order valence-corrected chi connectivity index (χ3v) is 7.46. The van der Waals surface area contributed by atoms with Crippen LogP contribution in [0.5, 0.6) is 5.75 Å². The Kier molecular flexibility index (Phi) is 9.98. The zero-order chi connectivity index (χ0) is 31.3. The van der Waals surface area contributed by atoms with Gasteiger partial charge in [0.2, 0.25) is 11.8 Å². The number of ether oxygens (including phenoxy) is 1. The van der Waals surface area contributed by atoms with E-state index >= 15 is 4.39 Å². The highest BCUT2D eigenvalue weighted by Gasteiger charge is 2.38. The van der Waals surface area contributed by atoms with Gasteiger partial charge in [0, 0.05) is 36.6 Å². The third kappa shape index (κ3) is 8.06. The number of hydrogen-bond acceptors (Lipinski definition) is 4. The highest BCUT2D eigenvalue weighted by atomic mass is 19.3. The summed E-state index contributed by atoms with van der Waals surface area (Å²) in [6.07, 6.45) is -0.292. The Hall–Kier alpha value is -4.08. The molecular weight excluding hydrogens is 564 g/mol. The molecule has 1 aliphatic rings. The van der Waals surface area contributed by atoms with Crippen LogP contribution in [0.1, 0.15) is 62.4 Å². The van der Waals surface area contributed by atoms with Crippen molar-refractivity contribution in [2.24, 2.45) is 5.92 Å². The highest BCUT2D eigenvalue weighted by molar-refractivity contribution is 5.99. The molecule has 0 aromatic heterocycles. The maximum Gasteiger partial charge on any atom is 0.336 e. The lowest BCUT2D eigenvalue weighted by molar-refractivity contribution is -0.115. The van der Waals surface area contributed by atoms with Gasteiger partial charge in [-0.05, 0) is 73.7 Å². The first-order valence-corrected chi connectivity index (χ1v) is 14.4. The molecule has 0 saturated heterocycles. The largest absolute Gasteiger partial charge is 0.494 e. The zero-order valence-corrected chi connectivity index (χ0v) is 24.4. The van der Waals surface area contributed by atoms with Crippen molar-refractivity contribution >= 4 is 23.3 Å². The van der Waals surface area contributed by atoms with E-state index in [1.54, 1.807) is 24.3 Å². The van der Waals surface area contributed by atoms with Crippen molar-refractivity contribution in [3.05, 3.63) is 77.4 Å². The fourth-order valence-corrected chi connectivity index (χ4v) is 5.46. The van der Waals surface area contributed by atoms with Gasteiger partial charge in [0.25, 0.3) is 0 Å². The summed E-state index contributed by atoms with van der Waals surface area (Å²) in [6.45, 7) is 6.66. The monoisotopic (exact) mass is 600 g/mol. The molecule has 6 nitrogen and oxygen atoms in total. The summed E-state index contributed by atoms with van der Waals surface area (Å²) >= 11 is 0. The number of amides is 1. The predicted molar refractivity (Wildman–Crippen MR) is 158 cm³/mol. The highest BCUT2D eigenvalue weighted by Crippen LogP contribution is 2.41. The lowest BCUT2D eigenvalue weighted by Gasteiger charge is -2.40. The summed E-state index contributed by atoms with van der Waals surface area (Å²) in [4.78, 5) is 27.1. The van der Waals surface area contributed by atoms with E-state index < -0.39 is 29.4 Å². The molecule has 3 aromatic carbocycles. The quantitative estimate of drug-likeness (QED) is 0.219. The number of carboxylic acid groups (broad SMARTS) is 1. The van der Waals surface area contributed by atoms with E-state index in [0.717, 1.165) is 18.2 Å². The van der Waals surface area contributed by atoms with Gasteiger partial charge in [0.05, 0.1) is 30.0 Å². The molecule has 4 rings (SSSR count). The number of rotatable bonds is 11. The molecule has 43 heavy (non-hydrogen) atoms. The Morgan fingerprint density at radius 2 is 1.70 bits per heavy atom. The lowest BCUT2D eigenvalue weighted by atomic mass is 9.89. The topological polar surface area (TPSA) is 78.9 Å². The number of carbonyl (C=O) groups is 2. The molecule has 0 spiro atoms. The van der Waals surface area contributed by atoms with Crippen LogP contribution >= 0.6 is 0 Å². The van der Waals surface area contributed by atoms with Crippen molar-refractivity contribution in [1.82, 2.24) is 0 Å². The van der Waals surface area contributed by atoms with E-state index in [9.17, 15) is 27.9 Å². The van der Waals surface area contributed by atoms with Gasteiger partial charge in [-0.15, -0.1) is 0 Å². The summed E-state index contributed by atoms with van der Waals surface area (Å²) in [5.41, 5.74) is 0.442. The van der Waals surface area contributed by atoms with Gasteiger partial charge in [-0.3, -0.25) is 4.79 Å². The van der Waals surface area contributed by atoms with Crippen LogP contribution in [-0.2, 0) is 11.2 Å². The Labute approximate surface area is 248 Å². The maximum absolute atomic E-state index is 15.9. The molecule has 0 bridgehead atoms. The van der Waals surface area contributed by atoms with Gasteiger partial charge in [0.15, 0.2) is 0 Å². The first kappa shape index (κ1) is 31.8. The van der Waals surface area contributed by atoms with Gasteiger partial charge in [-0.1, -0.05) is 26.0 Å².